The Bertz CT molecular complexity index is 1700. The number of amides is 2. The van der Waals surface area contributed by atoms with Crippen LogP contribution >= 0.6 is 23.2 Å². The molecule has 1 N–H and O–H groups in total. The van der Waals surface area contributed by atoms with E-state index in [-0.39, 0.29) is 30.0 Å². The van der Waals surface area contributed by atoms with E-state index in [9.17, 15) is 14.0 Å². The SMILES string of the molecule is C[C@@H](NC(=O)c1nn(-c2ccc(Cl)cc2Cl)c2c1CCN(C(=O)OC(C)(C)C)/C2=C\c1ccc(F)cc1)c1ccccc1. The molecule has 0 radical (unpaired) electrons. The summed E-state index contributed by atoms with van der Waals surface area (Å²) >= 11 is 12.9. The van der Waals surface area contributed by atoms with E-state index >= 15 is 0 Å². The van der Waals surface area contributed by atoms with Gasteiger partial charge in [0.05, 0.1) is 28.1 Å². The van der Waals surface area contributed by atoms with Crippen LogP contribution in [0.2, 0.25) is 10.0 Å². The smallest absolute Gasteiger partial charge is 0.414 e. The molecule has 7 nitrogen and oxygen atoms in total. The zero-order valence-corrected chi connectivity index (χ0v) is 25.7. The Hall–Kier alpha value is -4.14. The first kappa shape index (κ1) is 30.3. The van der Waals surface area contributed by atoms with Gasteiger partial charge in [0, 0.05) is 17.1 Å². The largest absolute Gasteiger partial charge is 0.443 e. The second kappa shape index (κ2) is 12.2. The van der Waals surface area contributed by atoms with E-state index < -0.39 is 11.7 Å². The molecule has 1 aliphatic heterocycles. The number of nitrogens with one attached hydrogen (secondary N) is 1. The maximum absolute atomic E-state index is 13.8. The summed E-state index contributed by atoms with van der Waals surface area (Å²) in [6.07, 6.45) is 1.51. The van der Waals surface area contributed by atoms with Crippen LogP contribution < -0.4 is 5.32 Å². The van der Waals surface area contributed by atoms with Gasteiger partial charge in [-0.1, -0.05) is 65.7 Å². The van der Waals surface area contributed by atoms with Crippen molar-refractivity contribution in [1.82, 2.24) is 20.0 Å². The number of hydrogen-bond donors (Lipinski definition) is 1. The first-order valence-corrected chi connectivity index (χ1v) is 14.6. The van der Waals surface area contributed by atoms with Crippen molar-refractivity contribution in [3.05, 3.63) is 117 Å². The molecule has 43 heavy (non-hydrogen) atoms. The van der Waals surface area contributed by atoms with Crippen LogP contribution in [0.3, 0.4) is 0 Å². The van der Waals surface area contributed by atoms with Crippen molar-refractivity contribution in [3.63, 3.8) is 0 Å². The highest BCUT2D eigenvalue weighted by molar-refractivity contribution is 6.35. The third-order valence-corrected chi connectivity index (χ3v) is 7.43. The molecule has 0 saturated heterocycles. The molecule has 0 spiro atoms. The lowest BCUT2D eigenvalue weighted by Gasteiger charge is -2.32. The molecule has 4 aromatic rings. The molecule has 2 heterocycles. The number of aromatic nitrogens is 2. The molecule has 0 unspecified atom stereocenters. The van der Waals surface area contributed by atoms with Crippen molar-refractivity contribution in [2.24, 2.45) is 0 Å². The van der Waals surface area contributed by atoms with Crippen molar-refractivity contribution < 1.29 is 18.7 Å². The maximum atomic E-state index is 13.8. The molecule has 5 rings (SSSR count). The van der Waals surface area contributed by atoms with Gasteiger partial charge in [-0.3, -0.25) is 9.69 Å². The van der Waals surface area contributed by atoms with Gasteiger partial charge in [0.1, 0.15) is 11.4 Å². The molecule has 3 aromatic carbocycles. The van der Waals surface area contributed by atoms with Crippen LogP contribution in [0.1, 0.15) is 66.6 Å². The minimum atomic E-state index is -0.753. The van der Waals surface area contributed by atoms with Crippen LogP contribution in [0.4, 0.5) is 9.18 Å². The third kappa shape index (κ3) is 6.76. The fraction of sp³-hybridized carbons (Fsp3) is 0.242. The standard InChI is InChI=1S/C33H31Cl2FN4O3/c1-20(22-8-6-5-7-9-22)37-31(41)29-25-16-17-39(32(42)43-33(2,3)4)28(18-21-10-13-24(36)14-11-21)30(25)40(38-29)27-15-12-23(34)19-26(27)35/h5-15,18-20H,16-17H2,1-4H3,(H,37,41)/b28-18-/t20-/m1/s1. The molecule has 0 bridgehead atoms. The summed E-state index contributed by atoms with van der Waals surface area (Å²) in [5.41, 5.74) is 3.05. The van der Waals surface area contributed by atoms with Crippen LogP contribution in [-0.4, -0.2) is 38.8 Å². The monoisotopic (exact) mass is 620 g/mol. The van der Waals surface area contributed by atoms with Gasteiger partial charge in [-0.25, -0.2) is 13.9 Å². The van der Waals surface area contributed by atoms with E-state index in [1.807, 2.05) is 37.3 Å². The molecule has 1 aliphatic rings. The average Bonchev–Trinajstić information content (AvgIpc) is 3.34. The van der Waals surface area contributed by atoms with Gasteiger partial charge in [-0.15, -0.1) is 0 Å². The molecule has 1 aromatic heterocycles. The summed E-state index contributed by atoms with van der Waals surface area (Å²) in [6.45, 7) is 7.49. The van der Waals surface area contributed by atoms with Crippen LogP contribution in [-0.2, 0) is 11.2 Å². The Morgan fingerprint density at radius 2 is 1.74 bits per heavy atom. The first-order chi connectivity index (χ1) is 20.4. The topological polar surface area (TPSA) is 76.5 Å². The van der Waals surface area contributed by atoms with Crippen LogP contribution in [0, 0.1) is 5.82 Å². The lowest BCUT2D eigenvalue weighted by atomic mass is 9.98. The number of halogens is 3. The molecule has 1 atom stereocenters. The Morgan fingerprint density at radius 1 is 1.05 bits per heavy atom. The minimum absolute atomic E-state index is 0.206. The van der Waals surface area contributed by atoms with Gasteiger partial charge in [0.15, 0.2) is 5.69 Å². The highest BCUT2D eigenvalue weighted by Crippen LogP contribution is 2.37. The summed E-state index contributed by atoms with van der Waals surface area (Å²) in [6, 6.07) is 20.2. The second-order valence-corrected chi connectivity index (χ2v) is 12.1. The van der Waals surface area contributed by atoms with Gasteiger partial charge < -0.3 is 10.1 Å². The number of nitrogens with zero attached hydrogens (tertiary/aromatic N) is 3. The van der Waals surface area contributed by atoms with E-state index in [1.165, 1.54) is 17.0 Å². The fourth-order valence-corrected chi connectivity index (χ4v) is 5.38. The molecular formula is C33H31Cl2FN4O3. The van der Waals surface area contributed by atoms with E-state index in [0.717, 1.165) is 5.56 Å². The molecule has 10 heteroatoms. The lowest BCUT2D eigenvalue weighted by molar-refractivity contribution is 0.0351. The molecule has 222 valence electrons. The van der Waals surface area contributed by atoms with E-state index in [4.69, 9.17) is 33.0 Å². The Balaban J connectivity index is 1.69. The van der Waals surface area contributed by atoms with E-state index in [1.54, 1.807) is 61.9 Å². The normalized spacial score (nSPS) is 14.8. The third-order valence-electron chi connectivity index (χ3n) is 6.89. The summed E-state index contributed by atoms with van der Waals surface area (Å²) in [7, 11) is 0. The number of hydrogen-bond acceptors (Lipinski definition) is 4. The summed E-state index contributed by atoms with van der Waals surface area (Å²) in [5.74, 6) is -0.761. The summed E-state index contributed by atoms with van der Waals surface area (Å²) in [5, 5.41) is 8.56. The molecular weight excluding hydrogens is 590 g/mol. The summed E-state index contributed by atoms with van der Waals surface area (Å²) in [4.78, 5) is 28.8. The van der Waals surface area contributed by atoms with Gasteiger partial charge in [0.25, 0.3) is 5.91 Å². The zero-order chi connectivity index (χ0) is 30.9. The highest BCUT2D eigenvalue weighted by Gasteiger charge is 2.37. The molecule has 0 aliphatic carbocycles. The maximum Gasteiger partial charge on any atom is 0.414 e. The Kier molecular flexibility index (Phi) is 8.62. The zero-order valence-electron chi connectivity index (χ0n) is 24.2. The Labute approximate surface area is 259 Å². The number of fused-ring (bicyclic) bond motifs is 1. The van der Waals surface area contributed by atoms with Crippen LogP contribution in [0.15, 0.2) is 72.8 Å². The number of rotatable bonds is 5. The first-order valence-electron chi connectivity index (χ1n) is 13.8. The predicted molar refractivity (Wildman–Crippen MR) is 167 cm³/mol. The van der Waals surface area contributed by atoms with Crippen LogP contribution in [0.5, 0.6) is 0 Å². The van der Waals surface area contributed by atoms with Gasteiger partial charge >= 0.3 is 6.09 Å². The number of carbonyl (C=O) groups is 2. The van der Waals surface area contributed by atoms with E-state index in [2.05, 4.69) is 5.32 Å². The molecule has 0 fully saturated rings. The van der Waals surface area contributed by atoms with Crippen molar-refractivity contribution in [2.75, 3.05) is 6.54 Å². The Morgan fingerprint density at radius 3 is 2.40 bits per heavy atom. The van der Waals surface area contributed by atoms with Crippen molar-refractivity contribution in [1.29, 1.82) is 0 Å². The quantitative estimate of drug-likeness (QED) is 0.244. The highest BCUT2D eigenvalue weighted by atomic mass is 35.5. The summed E-state index contributed by atoms with van der Waals surface area (Å²) < 4.78 is 21.1. The van der Waals surface area contributed by atoms with Crippen LogP contribution in [0.25, 0.3) is 17.5 Å². The number of benzene rings is 3. The second-order valence-electron chi connectivity index (χ2n) is 11.3. The fourth-order valence-electron chi connectivity index (χ4n) is 4.89. The molecule has 2 amide bonds. The van der Waals surface area contributed by atoms with Crippen molar-refractivity contribution in [2.45, 2.75) is 45.8 Å². The van der Waals surface area contributed by atoms with Crippen molar-refractivity contribution >= 4 is 47.0 Å². The van der Waals surface area contributed by atoms with Gasteiger partial charge in [0.2, 0.25) is 0 Å². The predicted octanol–water partition coefficient (Wildman–Crippen LogP) is 8.10. The molecule has 0 saturated carbocycles. The van der Waals surface area contributed by atoms with E-state index in [0.29, 0.717) is 44.7 Å². The average molecular weight is 622 g/mol. The van der Waals surface area contributed by atoms with Gasteiger partial charge in [-0.2, -0.15) is 5.10 Å². The minimum Gasteiger partial charge on any atom is -0.443 e. The van der Waals surface area contributed by atoms with Crippen molar-refractivity contribution in [3.8, 4) is 5.69 Å². The number of carbonyl (C=O) groups excluding carboxylic acids is 2. The number of ether oxygens (including phenoxy) is 1. The lowest BCUT2D eigenvalue weighted by Crippen LogP contribution is -2.40. The van der Waals surface area contributed by atoms with Gasteiger partial charge in [-0.05, 0) is 81.7 Å².